The molecule has 2 atom stereocenters. The zero-order valence-electron chi connectivity index (χ0n) is 12.8. The Labute approximate surface area is 127 Å². The van der Waals surface area contributed by atoms with Gasteiger partial charge in [-0.15, -0.1) is 0 Å². The van der Waals surface area contributed by atoms with Crippen molar-refractivity contribution in [2.75, 3.05) is 19.8 Å². The lowest BCUT2D eigenvalue weighted by molar-refractivity contribution is -0.125. The van der Waals surface area contributed by atoms with Crippen LogP contribution >= 0.6 is 0 Å². The first-order chi connectivity index (χ1) is 10.2. The Kier molecular flexibility index (Phi) is 6.21. The predicted octanol–water partition coefficient (Wildman–Crippen LogP) is 2.26. The fourth-order valence-corrected chi connectivity index (χ4v) is 2.21. The van der Waals surface area contributed by atoms with Crippen LogP contribution in [0.15, 0.2) is 30.3 Å². The molecule has 0 aliphatic heterocycles. The fourth-order valence-electron chi connectivity index (χ4n) is 2.21. The molecule has 1 aliphatic rings. The molecular weight excluding hydrogens is 264 g/mol. The summed E-state index contributed by atoms with van der Waals surface area (Å²) in [7, 11) is 0. The Hall–Kier alpha value is -1.39. The molecule has 1 saturated carbocycles. The molecule has 1 aromatic rings. The summed E-state index contributed by atoms with van der Waals surface area (Å²) in [4.78, 5) is 12.1. The van der Waals surface area contributed by atoms with E-state index in [0.29, 0.717) is 6.54 Å². The molecule has 0 spiro atoms. The molecule has 4 nitrogen and oxygen atoms in total. The first-order valence-corrected chi connectivity index (χ1v) is 7.84. The quantitative estimate of drug-likeness (QED) is 0.686. The number of nitrogens with two attached hydrogens (primary N) is 1. The van der Waals surface area contributed by atoms with E-state index < -0.39 is 0 Å². The summed E-state index contributed by atoms with van der Waals surface area (Å²) in [5.74, 6) is 0.566. The minimum atomic E-state index is -0.266. The van der Waals surface area contributed by atoms with Crippen molar-refractivity contribution in [1.82, 2.24) is 5.32 Å². The summed E-state index contributed by atoms with van der Waals surface area (Å²) in [5, 5.41) is 2.94. The Bertz CT molecular complexity index is 432. The zero-order chi connectivity index (χ0) is 15.1. The van der Waals surface area contributed by atoms with Gasteiger partial charge < -0.3 is 15.8 Å². The summed E-state index contributed by atoms with van der Waals surface area (Å²) in [5.41, 5.74) is 7.14. The van der Waals surface area contributed by atoms with Crippen LogP contribution in [0.25, 0.3) is 0 Å². The first-order valence-electron chi connectivity index (χ1n) is 7.84. The highest BCUT2D eigenvalue weighted by Gasteiger charge is 2.22. The third-order valence-corrected chi connectivity index (χ3v) is 3.95. The zero-order valence-corrected chi connectivity index (χ0v) is 12.8. The first kappa shape index (κ1) is 16.0. The minimum Gasteiger partial charge on any atom is -0.381 e. The van der Waals surface area contributed by atoms with Crippen LogP contribution in [0.3, 0.4) is 0 Å². The van der Waals surface area contributed by atoms with Gasteiger partial charge in [0.15, 0.2) is 0 Å². The van der Waals surface area contributed by atoms with Crippen LogP contribution < -0.4 is 11.1 Å². The van der Waals surface area contributed by atoms with Crippen LogP contribution in [0.5, 0.6) is 0 Å². The highest BCUT2D eigenvalue weighted by Crippen LogP contribution is 2.28. The third-order valence-electron chi connectivity index (χ3n) is 3.95. The van der Waals surface area contributed by atoms with Gasteiger partial charge in [-0.3, -0.25) is 4.79 Å². The van der Waals surface area contributed by atoms with E-state index >= 15 is 0 Å². The smallest absolute Gasteiger partial charge is 0.224 e. The van der Waals surface area contributed by atoms with Crippen molar-refractivity contribution in [3.05, 3.63) is 35.9 Å². The lowest BCUT2D eigenvalue weighted by Crippen LogP contribution is -2.36. The lowest BCUT2D eigenvalue weighted by atomic mass is 9.95. The van der Waals surface area contributed by atoms with E-state index in [1.807, 2.05) is 37.3 Å². The van der Waals surface area contributed by atoms with Crippen molar-refractivity contribution in [3.8, 4) is 0 Å². The van der Waals surface area contributed by atoms with Crippen LogP contribution in [-0.2, 0) is 9.53 Å². The Morgan fingerprint density at radius 1 is 1.38 bits per heavy atom. The van der Waals surface area contributed by atoms with E-state index in [1.165, 1.54) is 12.8 Å². The molecule has 0 heterocycles. The average Bonchev–Trinajstić information content (AvgIpc) is 3.34. The molecule has 0 radical (unpaired) electrons. The minimum absolute atomic E-state index is 0.00791. The fraction of sp³-hybridized carbons (Fsp3) is 0.588. The van der Waals surface area contributed by atoms with Crippen molar-refractivity contribution < 1.29 is 9.53 Å². The van der Waals surface area contributed by atoms with Gasteiger partial charge in [0.05, 0.1) is 5.92 Å². The molecule has 21 heavy (non-hydrogen) atoms. The molecule has 1 aromatic carbocycles. The molecule has 4 heteroatoms. The topological polar surface area (TPSA) is 64.3 Å². The van der Waals surface area contributed by atoms with Crippen molar-refractivity contribution >= 4 is 5.91 Å². The van der Waals surface area contributed by atoms with Crippen LogP contribution in [0, 0.1) is 11.8 Å². The molecule has 1 aliphatic carbocycles. The summed E-state index contributed by atoms with van der Waals surface area (Å²) in [6.45, 7) is 4.12. The van der Waals surface area contributed by atoms with Gasteiger partial charge in [-0.1, -0.05) is 37.3 Å². The summed E-state index contributed by atoms with van der Waals surface area (Å²) >= 11 is 0. The maximum Gasteiger partial charge on any atom is 0.224 e. The number of ether oxygens (including phenoxy) is 1. The van der Waals surface area contributed by atoms with E-state index in [9.17, 15) is 4.79 Å². The van der Waals surface area contributed by atoms with Gasteiger partial charge >= 0.3 is 0 Å². The monoisotopic (exact) mass is 290 g/mol. The molecule has 2 unspecified atom stereocenters. The molecule has 1 amide bonds. The number of carbonyl (C=O) groups is 1. The van der Waals surface area contributed by atoms with Gasteiger partial charge in [0.2, 0.25) is 5.91 Å². The van der Waals surface area contributed by atoms with Gasteiger partial charge in [0, 0.05) is 25.8 Å². The number of amides is 1. The normalized spacial score (nSPS) is 17.2. The maximum atomic E-state index is 12.1. The van der Waals surface area contributed by atoms with Gasteiger partial charge in [-0.05, 0) is 30.7 Å². The number of hydrogen-bond acceptors (Lipinski definition) is 3. The van der Waals surface area contributed by atoms with Crippen molar-refractivity contribution in [2.24, 2.45) is 17.6 Å². The van der Waals surface area contributed by atoms with E-state index in [1.54, 1.807) is 0 Å². The van der Waals surface area contributed by atoms with Gasteiger partial charge in [-0.25, -0.2) is 0 Å². The number of nitrogens with one attached hydrogen (secondary N) is 1. The van der Waals surface area contributed by atoms with Crippen molar-refractivity contribution in [3.63, 3.8) is 0 Å². The molecule has 0 aromatic heterocycles. The van der Waals surface area contributed by atoms with E-state index in [-0.39, 0.29) is 17.9 Å². The van der Waals surface area contributed by atoms with E-state index in [2.05, 4.69) is 5.32 Å². The second kappa shape index (κ2) is 8.15. The molecule has 3 N–H and O–H groups in total. The lowest BCUT2D eigenvalue weighted by Gasteiger charge is -2.19. The number of hydrogen-bond donors (Lipinski definition) is 2. The predicted molar refractivity (Wildman–Crippen MR) is 83.7 cm³/mol. The van der Waals surface area contributed by atoms with Crippen LogP contribution in [0.2, 0.25) is 0 Å². The SMILES string of the molecule is CC(C(=O)NCCCOCC1CC1)C(N)c1ccccc1. The van der Waals surface area contributed by atoms with Crippen LogP contribution in [-0.4, -0.2) is 25.7 Å². The second-order valence-electron chi connectivity index (χ2n) is 5.89. The Morgan fingerprint density at radius 2 is 2.10 bits per heavy atom. The molecular formula is C17H26N2O2. The Morgan fingerprint density at radius 3 is 2.76 bits per heavy atom. The standard InChI is InChI=1S/C17H26N2O2/c1-13(16(18)15-6-3-2-4-7-15)17(20)19-10-5-11-21-12-14-8-9-14/h2-4,6-7,13-14,16H,5,8-12,18H2,1H3,(H,19,20). The largest absolute Gasteiger partial charge is 0.381 e. The van der Waals surface area contributed by atoms with E-state index in [0.717, 1.165) is 31.1 Å². The average molecular weight is 290 g/mol. The highest BCUT2D eigenvalue weighted by atomic mass is 16.5. The van der Waals surface area contributed by atoms with Gasteiger partial charge in [0.1, 0.15) is 0 Å². The number of benzene rings is 1. The van der Waals surface area contributed by atoms with Crippen molar-refractivity contribution in [1.29, 1.82) is 0 Å². The maximum absolute atomic E-state index is 12.1. The highest BCUT2D eigenvalue weighted by molar-refractivity contribution is 5.79. The number of carbonyl (C=O) groups excluding carboxylic acids is 1. The second-order valence-corrected chi connectivity index (χ2v) is 5.89. The molecule has 1 fully saturated rings. The third kappa shape index (κ3) is 5.48. The summed E-state index contributed by atoms with van der Waals surface area (Å²) in [6.07, 6.45) is 3.48. The van der Waals surface area contributed by atoms with Crippen molar-refractivity contribution in [2.45, 2.75) is 32.2 Å². The number of rotatable bonds is 9. The molecule has 116 valence electrons. The molecule has 0 saturated heterocycles. The summed E-state index contributed by atoms with van der Waals surface area (Å²) in [6, 6.07) is 9.48. The summed E-state index contributed by atoms with van der Waals surface area (Å²) < 4.78 is 5.54. The van der Waals surface area contributed by atoms with Crippen LogP contribution in [0.1, 0.15) is 37.8 Å². The molecule has 2 rings (SSSR count). The Balaban J connectivity index is 1.62. The molecule has 0 bridgehead atoms. The van der Waals surface area contributed by atoms with Gasteiger partial charge in [0.25, 0.3) is 0 Å². The van der Waals surface area contributed by atoms with Gasteiger partial charge in [-0.2, -0.15) is 0 Å². The van der Waals surface area contributed by atoms with E-state index in [4.69, 9.17) is 10.5 Å². The van der Waals surface area contributed by atoms with Crippen LogP contribution in [0.4, 0.5) is 0 Å².